The van der Waals surface area contributed by atoms with E-state index >= 15 is 0 Å². The molecule has 0 aliphatic carbocycles. The Balaban J connectivity index is 0.00000117. The number of benzene rings is 2. The summed E-state index contributed by atoms with van der Waals surface area (Å²) < 4.78 is 29.9. The third-order valence-corrected chi connectivity index (χ3v) is 16.0. The third kappa shape index (κ3) is 30.1. The molecule has 0 N–H and O–H groups in total. The zero-order valence-corrected chi connectivity index (χ0v) is 69.2. The number of halogens is 2. The van der Waals surface area contributed by atoms with E-state index in [1.54, 1.807) is 12.4 Å². The van der Waals surface area contributed by atoms with Gasteiger partial charge in [-0.3, -0.25) is 34.3 Å². The molecule has 0 aliphatic heterocycles. The first-order valence-electron chi connectivity index (χ1n) is 33.2. The van der Waals surface area contributed by atoms with Gasteiger partial charge in [0, 0.05) is 163 Å². The maximum absolute atomic E-state index is 13.1. The van der Waals surface area contributed by atoms with E-state index in [0.29, 0.717) is 29.4 Å². The van der Waals surface area contributed by atoms with E-state index in [1.807, 2.05) is 102 Å². The van der Waals surface area contributed by atoms with Crippen LogP contribution in [-0.4, -0.2) is 49.0 Å². The molecule has 4 radical (unpaired) electrons. The van der Waals surface area contributed by atoms with Gasteiger partial charge in [0.05, 0.1) is 28.8 Å². The molecule has 4 atom stereocenters. The Morgan fingerprint density at radius 3 is 1.52 bits per heavy atom. The van der Waals surface area contributed by atoms with Crippen molar-refractivity contribution in [1.82, 2.24) is 49.0 Å². The molecule has 0 saturated heterocycles. The van der Waals surface area contributed by atoms with E-state index in [9.17, 15) is 8.78 Å². The van der Waals surface area contributed by atoms with Gasteiger partial charge in [-0.05, 0) is 131 Å². The number of hydrogen-bond acceptors (Lipinski definition) is 8. The van der Waals surface area contributed by atoms with Crippen LogP contribution in [0.1, 0.15) is 225 Å². The predicted molar refractivity (Wildman–Crippen MR) is 380 cm³/mol. The van der Waals surface area contributed by atoms with Crippen LogP contribution < -0.4 is 0 Å². The van der Waals surface area contributed by atoms with Gasteiger partial charge in [-0.15, -0.1) is 42.0 Å². The molecule has 17 heteroatoms. The maximum atomic E-state index is 13.1. The summed E-state index contributed by atoms with van der Waals surface area (Å²) in [4.78, 5) is 34.4. The summed E-state index contributed by atoms with van der Waals surface area (Å²) in [5.74, 6) is 1.98. The summed E-state index contributed by atoms with van der Waals surface area (Å²) in [6.07, 6.45) is 24.0. The molecule has 10 aromatic rings. The minimum Gasteiger partial charge on any atom is -0.418 e. The number of aromatic nitrogens is 10. The maximum Gasteiger partial charge on any atom is 0.191 e. The third-order valence-electron chi connectivity index (χ3n) is 16.0. The Kier molecular flexibility index (Phi) is 43.7. The first kappa shape index (κ1) is 92.6. The van der Waals surface area contributed by atoms with Crippen molar-refractivity contribution >= 4 is 0 Å². The smallest absolute Gasteiger partial charge is 0.191 e. The van der Waals surface area contributed by atoms with Crippen molar-refractivity contribution in [3.8, 4) is 40.0 Å². The van der Waals surface area contributed by atoms with Gasteiger partial charge in [0.2, 0.25) is 0 Å². The van der Waals surface area contributed by atoms with Crippen molar-refractivity contribution in [2.45, 2.75) is 199 Å². The molecular weight excluding hydrogens is 1710 g/mol. The molecule has 8 aromatic heterocycles. The normalized spacial score (nSPS) is 11.8. The molecule has 0 fully saturated rings. The van der Waals surface area contributed by atoms with Crippen molar-refractivity contribution in [1.29, 1.82) is 0 Å². The van der Waals surface area contributed by atoms with E-state index < -0.39 is 11.8 Å². The summed E-state index contributed by atoms with van der Waals surface area (Å²) in [6.45, 7) is 39.4. The molecule has 0 spiro atoms. The van der Waals surface area contributed by atoms with Crippen LogP contribution in [0.3, 0.4) is 0 Å². The van der Waals surface area contributed by atoms with Crippen molar-refractivity contribution < 1.29 is 104 Å². The number of nitrogens with zero attached hydrogens (tertiary/aromatic N) is 10. The Morgan fingerprint density at radius 2 is 1.07 bits per heavy atom. The SMILES string of the molecule is CC(C)(C)Cc1ccnc(-c2[c-]cc(F)c(F)n2)c1.CC(C)(C)Cc1cn(-c2ccccn2)[c-]n1.CCC.CCC(C)c1ccc(-c2ccc(C(C)CC)cn2)nc1.CCC(C)c1ccc(C(C)(C)c2[c-]cccc2)nc1.CCC(C)c1cnc(-c2[c-]cccc2)n1C.[Co].[Ir].[Rh].[Rh].[Ru]. The summed E-state index contributed by atoms with van der Waals surface area (Å²) >= 11 is 0. The Morgan fingerprint density at radius 1 is 0.541 bits per heavy atom. The predicted octanol–water partition coefficient (Wildman–Crippen LogP) is 21.2. The van der Waals surface area contributed by atoms with Crippen LogP contribution in [0.2, 0.25) is 0 Å². The van der Waals surface area contributed by atoms with Gasteiger partial charge >= 0.3 is 0 Å². The van der Waals surface area contributed by atoms with E-state index in [-0.39, 0.29) is 117 Å². The van der Waals surface area contributed by atoms with E-state index in [4.69, 9.17) is 0 Å². The Labute approximate surface area is 649 Å². The van der Waals surface area contributed by atoms with Crippen LogP contribution in [-0.2, 0) is 121 Å². The topological polar surface area (TPSA) is 113 Å². The van der Waals surface area contributed by atoms with Gasteiger partial charge in [-0.2, -0.15) is 46.4 Å². The molecule has 10 rings (SSSR count). The Hall–Kier alpha value is -5.35. The van der Waals surface area contributed by atoms with Crippen LogP contribution >= 0.6 is 0 Å². The average molecular weight is 1810 g/mol. The summed E-state index contributed by atoms with van der Waals surface area (Å²) in [6, 6.07) is 48.6. The molecule has 8 heterocycles. The van der Waals surface area contributed by atoms with E-state index in [1.165, 1.54) is 34.4 Å². The fourth-order valence-corrected chi connectivity index (χ4v) is 9.66. The summed E-state index contributed by atoms with van der Waals surface area (Å²) in [7, 11) is 2.07. The molecular formula is C81H102CoF2IrN10Rh2Ru-4. The molecule has 0 saturated carbocycles. The standard InChI is InChI=1S/C18H24N2.C18H22N.C15H15F2N2.C14H17N2.C13H16N3.C3H8.Co.Ir.2Rh.Ru/c1-5-13(3)15-7-9-17(19-11-15)18-10-8-16(12-20-18)14(4)6-2;1-5-14(2)15-11-12-17(19-13-15)18(3,4)16-9-7-6-8-10-16;1-15(2,3)9-10-6-7-18-13(8-10)12-5-4-11(16)14(17)19-12;1-4-11(2)13-10-15-14(16(13)3)12-8-6-5-7-9-12;1-13(2,3)8-11-9-16(10-15-11)12-6-4-5-7-14-12;1-3-2;;;;;/h7-14H,5-6H2,1-4H3;6-9,11-14H,5H2,1-4H3;4,6-8H,9H2,1-3H3;5-8,10-11H,4H2,1-3H3;4-7,9H,8H2,1-3H3;3H2,1-2H3;;;;;/q;4*-1;;;;;;. The van der Waals surface area contributed by atoms with Gasteiger partial charge < -0.3 is 19.1 Å². The van der Waals surface area contributed by atoms with Crippen LogP contribution in [0.4, 0.5) is 8.78 Å². The molecule has 4 unspecified atom stereocenters. The van der Waals surface area contributed by atoms with Crippen molar-refractivity contribution in [3.63, 3.8) is 0 Å². The average Bonchev–Trinajstić information content (AvgIpc) is 1.08. The van der Waals surface area contributed by atoms with Gasteiger partial charge in [0.25, 0.3) is 0 Å². The monoisotopic (exact) mass is 1810 g/mol. The van der Waals surface area contributed by atoms with Crippen LogP contribution in [0, 0.1) is 47.1 Å². The molecule has 10 nitrogen and oxygen atoms in total. The quantitative estimate of drug-likeness (QED) is 0.0534. The zero-order valence-electron chi connectivity index (χ0n) is 60.8. The molecule has 2 aromatic carbocycles. The second-order valence-corrected chi connectivity index (χ2v) is 26.9. The fraction of sp³-hybridized carbons (Fsp3) is 0.407. The van der Waals surface area contributed by atoms with Crippen molar-refractivity contribution in [2.24, 2.45) is 17.9 Å². The van der Waals surface area contributed by atoms with Gasteiger partial charge in [-0.1, -0.05) is 185 Å². The minimum absolute atomic E-state index is 0. The number of rotatable bonds is 16. The second kappa shape index (κ2) is 46.2. The zero-order chi connectivity index (χ0) is 68.3. The Bertz CT molecular complexity index is 3690. The molecule has 0 aliphatic rings. The number of pyridine rings is 6. The molecule has 98 heavy (non-hydrogen) atoms. The van der Waals surface area contributed by atoms with Crippen LogP contribution in [0.25, 0.3) is 40.0 Å². The first-order chi connectivity index (χ1) is 44.2. The molecule has 538 valence electrons. The van der Waals surface area contributed by atoms with Gasteiger partial charge in [-0.25, -0.2) is 0 Å². The molecule has 0 bridgehead atoms. The first-order valence-corrected chi connectivity index (χ1v) is 33.2. The van der Waals surface area contributed by atoms with Crippen LogP contribution in [0.5, 0.6) is 0 Å². The van der Waals surface area contributed by atoms with Gasteiger partial charge in [0.15, 0.2) is 5.95 Å². The fourth-order valence-electron chi connectivity index (χ4n) is 9.66. The second-order valence-electron chi connectivity index (χ2n) is 26.9. The van der Waals surface area contributed by atoms with Gasteiger partial charge in [0.1, 0.15) is 0 Å². The van der Waals surface area contributed by atoms with Crippen molar-refractivity contribution in [2.75, 3.05) is 0 Å². The summed E-state index contributed by atoms with van der Waals surface area (Å²) in [5, 5.41) is 0. The number of hydrogen-bond donors (Lipinski definition) is 0. The molecule has 0 amide bonds. The van der Waals surface area contributed by atoms with E-state index in [2.05, 4.69) is 249 Å². The van der Waals surface area contributed by atoms with Crippen LogP contribution in [0.15, 0.2) is 165 Å². The van der Waals surface area contributed by atoms with E-state index in [0.717, 1.165) is 90.1 Å². The largest absolute Gasteiger partial charge is 0.418 e. The summed E-state index contributed by atoms with van der Waals surface area (Å²) in [5.41, 5.74) is 13.6. The van der Waals surface area contributed by atoms with Crippen molar-refractivity contribution in [3.05, 3.63) is 246 Å². The minimum atomic E-state index is -1.13. The number of imidazole rings is 2.